The van der Waals surface area contributed by atoms with E-state index < -0.39 is 19.1 Å². The topological polar surface area (TPSA) is 138 Å². The second-order valence-corrected chi connectivity index (χ2v) is 14.9. The summed E-state index contributed by atoms with van der Waals surface area (Å²) >= 11 is 0. The number of hydrogen-bond donors (Lipinski definition) is 1. The minimum absolute atomic E-state index is 0.0879. The summed E-state index contributed by atoms with van der Waals surface area (Å²) in [5.41, 5.74) is -0.455. The van der Waals surface area contributed by atoms with Gasteiger partial charge in [-0.2, -0.15) is 0 Å². The summed E-state index contributed by atoms with van der Waals surface area (Å²) in [5.74, 6) is -0.429. The van der Waals surface area contributed by atoms with Crippen LogP contribution < -0.4 is 9.47 Å². The van der Waals surface area contributed by atoms with E-state index in [2.05, 4.69) is 4.74 Å². The Morgan fingerprint density at radius 3 is 2.35 bits per heavy atom. The first-order valence-corrected chi connectivity index (χ1v) is 15.3. The molecular weight excluding hydrogens is 500 g/mol. The molecule has 0 unspecified atom stereocenters. The molecule has 1 amide bonds. The molecule has 1 aliphatic heterocycles. The molecule has 1 aliphatic rings. The first kappa shape index (κ1) is 30.5. The Morgan fingerprint density at radius 2 is 1.81 bits per heavy atom. The number of hydrogen-bond acceptors (Lipinski definition) is 9. The highest BCUT2D eigenvalue weighted by atomic mass is 28.4. The Hall–Kier alpha value is -2.70. The predicted octanol–water partition coefficient (Wildman–Crippen LogP) is 3.92. The molecule has 1 aromatic rings. The molecule has 1 N–H and O–H groups in total. The maximum absolute atomic E-state index is 13.7. The molecule has 0 radical (unpaired) electrons. The Morgan fingerprint density at radius 1 is 1.19 bits per heavy atom. The van der Waals surface area contributed by atoms with Crippen molar-refractivity contribution >= 4 is 25.9 Å². The van der Waals surface area contributed by atoms with Gasteiger partial charge in [0.2, 0.25) is 0 Å². The van der Waals surface area contributed by atoms with Crippen LogP contribution in [0, 0.1) is 10.1 Å². The first-order chi connectivity index (χ1) is 17.3. The number of carbonyl (C=O) groups excluding carboxylic acids is 2. The molecular formula is C25H40N2O9Si. The molecule has 0 spiro atoms. The third kappa shape index (κ3) is 7.42. The highest BCUT2D eigenvalue weighted by molar-refractivity contribution is 6.72. The maximum atomic E-state index is 13.7. The van der Waals surface area contributed by atoms with E-state index in [0.717, 1.165) is 0 Å². The van der Waals surface area contributed by atoms with Crippen LogP contribution in [0.5, 0.6) is 11.5 Å². The molecule has 2 atom stereocenters. The van der Waals surface area contributed by atoms with Gasteiger partial charge >= 0.3 is 5.97 Å². The van der Waals surface area contributed by atoms with Gasteiger partial charge in [0.05, 0.1) is 44.5 Å². The van der Waals surface area contributed by atoms with E-state index in [1.807, 2.05) is 26.9 Å². The smallest absolute Gasteiger partial charge is 0.305 e. The standard InChI is InChI=1S/C25H40N2O9Si/c1-25(2,37(6,7)32)12-10-18-20(36-14-8-9-23(28)35-5)11-13-26(18)24(29)17-15-21(33-3)22(34-4)16-19(17)27(30)31/h15-16,18,20,32H,8-14H2,1-7H3/t18-,20+/m1/s1. The number of rotatable bonds is 13. The maximum Gasteiger partial charge on any atom is 0.305 e. The fourth-order valence-corrected chi connectivity index (χ4v) is 5.08. The zero-order valence-corrected chi connectivity index (χ0v) is 23.9. The van der Waals surface area contributed by atoms with Gasteiger partial charge < -0.3 is 28.6 Å². The van der Waals surface area contributed by atoms with Gasteiger partial charge in [0.1, 0.15) is 5.56 Å². The number of nitrogens with zero attached hydrogens (tertiary/aromatic N) is 2. The minimum Gasteiger partial charge on any atom is -0.493 e. The second-order valence-electron chi connectivity index (χ2n) is 10.4. The van der Waals surface area contributed by atoms with Crippen LogP contribution in [-0.4, -0.2) is 81.4 Å². The molecule has 1 heterocycles. The number of nitro benzene ring substituents is 1. The van der Waals surface area contributed by atoms with Gasteiger partial charge in [-0.15, -0.1) is 0 Å². The Kier molecular flexibility index (Phi) is 10.5. The van der Waals surface area contributed by atoms with Crippen molar-refractivity contribution in [3.05, 3.63) is 27.8 Å². The fourth-order valence-electron chi connectivity index (χ4n) is 4.33. The predicted molar refractivity (Wildman–Crippen MR) is 140 cm³/mol. The fraction of sp³-hybridized carbons (Fsp3) is 0.680. The van der Waals surface area contributed by atoms with Gasteiger partial charge in [-0.3, -0.25) is 19.7 Å². The van der Waals surface area contributed by atoms with Crippen LogP contribution >= 0.6 is 0 Å². The van der Waals surface area contributed by atoms with E-state index in [1.165, 1.54) is 33.5 Å². The molecule has 0 aromatic heterocycles. The van der Waals surface area contributed by atoms with Crippen molar-refractivity contribution in [3.8, 4) is 11.5 Å². The number of likely N-dealkylation sites (tertiary alicyclic amines) is 1. The van der Waals surface area contributed by atoms with Crippen LogP contribution in [0.15, 0.2) is 12.1 Å². The third-order valence-electron chi connectivity index (χ3n) is 7.48. The average molecular weight is 541 g/mol. The van der Waals surface area contributed by atoms with Crippen molar-refractivity contribution in [3.63, 3.8) is 0 Å². The van der Waals surface area contributed by atoms with Crippen LogP contribution in [0.4, 0.5) is 5.69 Å². The molecule has 2 rings (SSSR count). The molecule has 0 aliphatic carbocycles. The van der Waals surface area contributed by atoms with Crippen LogP contribution in [-0.2, 0) is 14.3 Å². The quantitative estimate of drug-likeness (QED) is 0.130. The number of amides is 1. The number of esters is 1. The number of benzene rings is 1. The summed E-state index contributed by atoms with van der Waals surface area (Å²) < 4.78 is 21.3. The van der Waals surface area contributed by atoms with Crippen molar-refractivity contribution < 1.29 is 38.3 Å². The van der Waals surface area contributed by atoms with Crippen molar-refractivity contribution in [2.24, 2.45) is 0 Å². The van der Waals surface area contributed by atoms with Crippen LogP contribution in [0.3, 0.4) is 0 Å². The molecule has 1 fully saturated rings. The summed E-state index contributed by atoms with van der Waals surface area (Å²) in [7, 11) is 1.60. The van der Waals surface area contributed by atoms with Crippen LogP contribution in [0.1, 0.15) is 56.3 Å². The van der Waals surface area contributed by atoms with Crippen molar-refractivity contribution in [1.82, 2.24) is 4.90 Å². The first-order valence-electron chi connectivity index (χ1n) is 12.4. The lowest BCUT2D eigenvalue weighted by Crippen LogP contribution is -2.44. The van der Waals surface area contributed by atoms with E-state index in [9.17, 15) is 24.5 Å². The Balaban J connectivity index is 2.35. The zero-order chi connectivity index (χ0) is 28.0. The van der Waals surface area contributed by atoms with Gasteiger partial charge in [-0.25, -0.2) is 0 Å². The highest BCUT2D eigenvalue weighted by Crippen LogP contribution is 2.42. The number of methoxy groups -OCH3 is 3. The van der Waals surface area contributed by atoms with Gasteiger partial charge in [-0.05, 0) is 43.8 Å². The average Bonchev–Trinajstić information content (AvgIpc) is 3.25. The summed E-state index contributed by atoms with van der Waals surface area (Å²) in [6, 6.07) is 2.18. The lowest BCUT2D eigenvalue weighted by Gasteiger charge is -2.37. The summed E-state index contributed by atoms with van der Waals surface area (Å²) in [5, 5.41) is 11.5. The van der Waals surface area contributed by atoms with Crippen molar-refractivity contribution in [2.75, 3.05) is 34.5 Å². The van der Waals surface area contributed by atoms with Gasteiger partial charge in [0.15, 0.2) is 19.8 Å². The SMILES string of the molecule is COC(=O)CCCO[C@H]1CCN(C(=O)c2cc(OC)c(OC)cc2[N+](=O)[O-])[C@@H]1CCC(C)(C)[Si](C)(C)O. The van der Waals surface area contributed by atoms with E-state index >= 15 is 0 Å². The molecule has 12 heteroatoms. The highest BCUT2D eigenvalue weighted by Gasteiger charge is 2.43. The molecule has 1 aromatic carbocycles. The monoisotopic (exact) mass is 540 g/mol. The number of carbonyl (C=O) groups is 2. The largest absolute Gasteiger partial charge is 0.493 e. The summed E-state index contributed by atoms with van der Waals surface area (Å²) in [6.07, 6.45) is 2.15. The molecule has 37 heavy (non-hydrogen) atoms. The molecule has 208 valence electrons. The molecule has 0 bridgehead atoms. The lowest BCUT2D eigenvalue weighted by atomic mass is 9.98. The minimum atomic E-state index is -2.50. The third-order valence-corrected chi connectivity index (χ3v) is 11.0. The lowest BCUT2D eigenvalue weighted by molar-refractivity contribution is -0.385. The Bertz CT molecular complexity index is 978. The zero-order valence-electron chi connectivity index (χ0n) is 22.9. The van der Waals surface area contributed by atoms with E-state index in [1.54, 1.807) is 4.90 Å². The number of nitro groups is 1. The van der Waals surface area contributed by atoms with Crippen LogP contribution in [0.2, 0.25) is 18.1 Å². The number of ether oxygens (including phenoxy) is 4. The van der Waals surface area contributed by atoms with Gasteiger partial charge in [-0.1, -0.05) is 13.8 Å². The van der Waals surface area contributed by atoms with Gasteiger partial charge in [0, 0.05) is 25.6 Å². The van der Waals surface area contributed by atoms with Gasteiger partial charge in [0.25, 0.3) is 11.6 Å². The second kappa shape index (κ2) is 12.7. The molecule has 11 nitrogen and oxygen atoms in total. The van der Waals surface area contributed by atoms with E-state index in [-0.39, 0.29) is 52.3 Å². The summed E-state index contributed by atoms with van der Waals surface area (Å²) in [6.45, 7) is 8.49. The van der Waals surface area contributed by atoms with Crippen molar-refractivity contribution in [1.29, 1.82) is 0 Å². The van der Waals surface area contributed by atoms with Crippen molar-refractivity contribution in [2.45, 2.75) is 76.2 Å². The summed E-state index contributed by atoms with van der Waals surface area (Å²) in [4.78, 5) is 48.8. The van der Waals surface area contributed by atoms with E-state index in [4.69, 9.17) is 14.2 Å². The molecule has 0 saturated carbocycles. The molecule has 1 saturated heterocycles. The normalized spacial score (nSPS) is 18.0. The van der Waals surface area contributed by atoms with E-state index in [0.29, 0.717) is 38.8 Å². The van der Waals surface area contributed by atoms with Crippen LogP contribution in [0.25, 0.3) is 0 Å². The Labute approximate surface area is 219 Å².